The fourth-order valence-corrected chi connectivity index (χ4v) is 1.62. The van der Waals surface area contributed by atoms with Gasteiger partial charge in [0.2, 0.25) is 0 Å². The topological polar surface area (TPSA) is 42.9 Å². The molecule has 1 aromatic carbocycles. The lowest BCUT2D eigenvalue weighted by atomic mass is 10.1. The van der Waals surface area contributed by atoms with Crippen LogP contribution in [0.1, 0.15) is 16.1 Å². The quantitative estimate of drug-likeness (QED) is 0.747. The van der Waals surface area contributed by atoms with Gasteiger partial charge in [-0.05, 0) is 11.6 Å². The number of carbonyl (C=O) groups is 1. The van der Waals surface area contributed by atoms with Crippen LogP contribution in [-0.2, 0) is 6.42 Å². The van der Waals surface area contributed by atoms with Crippen molar-refractivity contribution in [3.63, 3.8) is 0 Å². The third-order valence-corrected chi connectivity index (χ3v) is 2.43. The van der Waals surface area contributed by atoms with Crippen molar-refractivity contribution < 1.29 is 9.18 Å². The Bertz CT molecular complexity index is 470. The van der Waals surface area contributed by atoms with E-state index in [0.29, 0.717) is 11.3 Å². The van der Waals surface area contributed by atoms with Crippen molar-refractivity contribution in [2.45, 2.75) is 6.42 Å². The fraction of sp³-hybridized carbons (Fsp3) is 0.100. The molecule has 0 spiro atoms. The molecule has 0 amide bonds. The average Bonchev–Trinajstić information content (AvgIpc) is 2.74. The third-order valence-electron chi connectivity index (χ3n) is 1.96. The molecule has 2 aromatic rings. The number of halogens is 1. The van der Waals surface area contributed by atoms with E-state index in [1.807, 2.05) is 0 Å². The third kappa shape index (κ3) is 2.24. The maximum Gasteiger partial charge on any atom is 0.188 e. The fourth-order valence-electron chi connectivity index (χ4n) is 1.19. The van der Waals surface area contributed by atoms with Gasteiger partial charge in [-0.15, -0.1) is 0 Å². The lowest BCUT2D eigenvalue weighted by molar-refractivity contribution is 0.0988. The molecule has 0 aliphatic carbocycles. The first kappa shape index (κ1) is 9.92. The van der Waals surface area contributed by atoms with Crippen LogP contribution in [0.3, 0.4) is 0 Å². The summed E-state index contributed by atoms with van der Waals surface area (Å²) >= 11 is 0.968. The van der Waals surface area contributed by atoms with E-state index in [4.69, 9.17) is 0 Å². The van der Waals surface area contributed by atoms with E-state index in [1.54, 1.807) is 18.2 Å². The van der Waals surface area contributed by atoms with Crippen LogP contribution in [0, 0.1) is 5.82 Å². The lowest BCUT2D eigenvalue weighted by Gasteiger charge is -1.99. The molecular formula is C10H7FN2OS. The molecule has 5 heteroatoms. The highest BCUT2D eigenvalue weighted by molar-refractivity contribution is 6.99. The zero-order valence-electron chi connectivity index (χ0n) is 7.68. The summed E-state index contributed by atoms with van der Waals surface area (Å²) in [6.07, 6.45) is 1.42. The summed E-state index contributed by atoms with van der Waals surface area (Å²) in [6.45, 7) is 0. The predicted molar refractivity (Wildman–Crippen MR) is 54.3 cm³/mol. The summed E-state index contributed by atoms with van der Waals surface area (Å²) in [5.74, 6) is -0.581. The van der Waals surface area contributed by atoms with Crippen molar-refractivity contribution in [3.05, 3.63) is 47.5 Å². The number of carbonyl (C=O) groups excluding carboxylic acids is 1. The highest BCUT2D eigenvalue weighted by Gasteiger charge is 2.11. The van der Waals surface area contributed by atoms with Crippen molar-refractivity contribution in [2.75, 3.05) is 0 Å². The summed E-state index contributed by atoms with van der Waals surface area (Å²) in [6, 6.07) is 6.22. The number of Topliss-reactive ketones (excluding diaryl/α,β-unsaturated/α-hetero) is 1. The van der Waals surface area contributed by atoms with E-state index in [1.165, 1.54) is 12.3 Å². The zero-order chi connectivity index (χ0) is 10.7. The minimum absolute atomic E-state index is 0.0259. The summed E-state index contributed by atoms with van der Waals surface area (Å²) in [5.41, 5.74) is 0.679. The van der Waals surface area contributed by atoms with Crippen LogP contribution in [0.5, 0.6) is 0 Å². The van der Waals surface area contributed by atoms with E-state index >= 15 is 0 Å². The van der Waals surface area contributed by atoms with E-state index in [9.17, 15) is 9.18 Å². The number of ketones is 1. The molecule has 15 heavy (non-hydrogen) atoms. The highest BCUT2D eigenvalue weighted by atomic mass is 32.1. The smallest absolute Gasteiger partial charge is 0.188 e. The van der Waals surface area contributed by atoms with Gasteiger partial charge in [0.15, 0.2) is 5.78 Å². The molecule has 0 aliphatic heterocycles. The zero-order valence-corrected chi connectivity index (χ0v) is 8.50. The number of hydrogen-bond donors (Lipinski definition) is 0. The molecule has 76 valence electrons. The molecule has 0 N–H and O–H groups in total. The first-order valence-corrected chi connectivity index (χ1v) is 5.04. The Kier molecular flexibility index (Phi) is 2.82. The van der Waals surface area contributed by atoms with Gasteiger partial charge in [0, 0.05) is 6.42 Å². The van der Waals surface area contributed by atoms with Gasteiger partial charge in [-0.2, -0.15) is 8.75 Å². The van der Waals surface area contributed by atoms with Crippen molar-refractivity contribution >= 4 is 17.5 Å². The van der Waals surface area contributed by atoms with Crippen LogP contribution < -0.4 is 0 Å². The Balaban J connectivity index is 2.17. The van der Waals surface area contributed by atoms with Crippen molar-refractivity contribution in [3.8, 4) is 0 Å². The largest absolute Gasteiger partial charge is 0.292 e. The molecule has 0 saturated heterocycles. The molecule has 0 aliphatic rings. The molecular weight excluding hydrogens is 215 g/mol. The molecule has 0 fully saturated rings. The maximum absolute atomic E-state index is 13.2. The number of aromatic nitrogens is 2. The summed E-state index contributed by atoms with van der Waals surface area (Å²) in [4.78, 5) is 11.6. The van der Waals surface area contributed by atoms with Crippen molar-refractivity contribution in [1.82, 2.24) is 8.75 Å². The second-order valence-corrected chi connectivity index (χ2v) is 3.54. The minimum Gasteiger partial charge on any atom is -0.292 e. The van der Waals surface area contributed by atoms with E-state index < -0.39 is 0 Å². The Hall–Kier alpha value is -1.62. The first-order chi connectivity index (χ1) is 7.27. The summed E-state index contributed by atoms with van der Waals surface area (Å²) in [7, 11) is 0. The standard InChI is InChI=1S/C10H7FN2OS/c11-8-4-2-1-3-7(8)5-10(14)9-6-12-15-13-9/h1-4,6H,5H2. The van der Waals surface area contributed by atoms with Crippen molar-refractivity contribution in [1.29, 1.82) is 0 Å². The molecule has 0 unspecified atom stereocenters. The van der Waals surface area contributed by atoms with Gasteiger partial charge < -0.3 is 0 Å². The summed E-state index contributed by atoms with van der Waals surface area (Å²) < 4.78 is 20.7. The number of benzene rings is 1. The van der Waals surface area contributed by atoms with Crippen LogP contribution in [0.2, 0.25) is 0 Å². The molecule has 0 bridgehead atoms. The minimum atomic E-state index is -0.367. The molecule has 0 atom stereocenters. The van der Waals surface area contributed by atoms with Crippen LogP contribution in [0.15, 0.2) is 30.5 Å². The normalized spacial score (nSPS) is 10.2. The van der Waals surface area contributed by atoms with Crippen LogP contribution in [0.25, 0.3) is 0 Å². The van der Waals surface area contributed by atoms with E-state index in [0.717, 1.165) is 11.7 Å². The predicted octanol–water partition coefficient (Wildman–Crippen LogP) is 2.10. The lowest BCUT2D eigenvalue weighted by Crippen LogP contribution is -2.05. The molecule has 0 radical (unpaired) electrons. The van der Waals surface area contributed by atoms with Crippen LogP contribution >= 0.6 is 11.7 Å². The van der Waals surface area contributed by atoms with Gasteiger partial charge in [-0.3, -0.25) is 4.79 Å². The van der Waals surface area contributed by atoms with E-state index in [2.05, 4.69) is 8.75 Å². The van der Waals surface area contributed by atoms with Gasteiger partial charge in [0.1, 0.15) is 11.5 Å². The summed E-state index contributed by atoms with van der Waals surface area (Å²) in [5, 5.41) is 0. The van der Waals surface area contributed by atoms with Gasteiger partial charge in [0.25, 0.3) is 0 Å². The SMILES string of the molecule is O=C(Cc1ccccc1F)c1cnsn1. The highest BCUT2D eigenvalue weighted by Crippen LogP contribution is 2.10. The number of hydrogen-bond acceptors (Lipinski definition) is 4. The van der Waals surface area contributed by atoms with E-state index in [-0.39, 0.29) is 18.0 Å². The number of nitrogens with zero attached hydrogens (tertiary/aromatic N) is 2. The Morgan fingerprint density at radius 3 is 2.87 bits per heavy atom. The first-order valence-electron chi connectivity index (χ1n) is 4.31. The molecule has 2 rings (SSSR count). The van der Waals surface area contributed by atoms with Crippen LogP contribution in [-0.4, -0.2) is 14.5 Å². The Labute approximate surface area is 89.9 Å². The Morgan fingerprint density at radius 2 is 2.20 bits per heavy atom. The molecule has 0 saturated carbocycles. The second-order valence-electron chi connectivity index (χ2n) is 2.98. The molecule has 3 nitrogen and oxygen atoms in total. The van der Waals surface area contributed by atoms with Gasteiger partial charge in [-0.25, -0.2) is 4.39 Å². The van der Waals surface area contributed by atoms with Gasteiger partial charge in [-0.1, -0.05) is 18.2 Å². The Morgan fingerprint density at radius 1 is 1.40 bits per heavy atom. The van der Waals surface area contributed by atoms with Gasteiger partial charge in [0.05, 0.1) is 17.9 Å². The molecule has 1 heterocycles. The second kappa shape index (κ2) is 4.27. The van der Waals surface area contributed by atoms with Crippen LogP contribution in [0.4, 0.5) is 4.39 Å². The van der Waals surface area contributed by atoms with Gasteiger partial charge >= 0.3 is 0 Å². The molecule has 1 aromatic heterocycles. The monoisotopic (exact) mass is 222 g/mol. The number of rotatable bonds is 3. The maximum atomic E-state index is 13.2. The average molecular weight is 222 g/mol. The van der Waals surface area contributed by atoms with Crippen molar-refractivity contribution in [2.24, 2.45) is 0 Å².